The van der Waals surface area contributed by atoms with Gasteiger partial charge < -0.3 is 4.74 Å². The molecule has 0 bridgehead atoms. The van der Waals surface area contributed by atoms with Crippen molar-refractivity contribution in [2.45, 2.75) is 13.5 Å². The number of hydrogen-bond acceptors (Lipinski definition) is 6. The van der Waals surface area contributed by atoms with E-state index < -0.39 is 0 Å². The Morgan fingerprint density at radius 3 is 2.73 bits per heavy atom. The van der Waals surface area contributed by atoms with Crippen molar-refractivity contribution >= 4 is 47.7 Å². The Morgan fingerprint density at radius 2 is 2.04 bits per heavy atom. The highest BCUT2D eigenvalue weighted by atomic mass is 79.9. The van der Waals surface area contributed by atoms with Gasteiger partial charge in [-0.3, -0.25) is 4.79 Å². The van der Waals surface area contributed by atoms with E-state index in [1.165, 1.54) is 35.6 Å². The molecule has 9 heteroatoms. The molecule has 1 aromatic carbocycles. The van der Waals surface area contributed by atoms with Crippen molar-refractivity contribution in [3.63, 3.8) is 0 Å². The molecule has 0 aliphatic heterocycles. The first-order chi connectivity index (χ1) is 12.5. The molecule has 0 N–H and O–H groups in total. The van der Waals surface area contributed by atoms with Crippen LogP contribution in [0.5, 0.6) is 0 Å². The molecule has 3 heterocycles. The van der Waals surface area contributed by atoms with E-state index in [-0.39, 0.29) is 11.4 Å². The molecule has 6 nitrogen and oxygen atoms in total. The Bertz CT molecular complexity index is 1200. The summed E-state index contributed by atoms with van der Waals surface area (Å²) in [6.45, 7) is 2.24. The lowest BCUT2D eigenvalue weighted by Gasteiger charge is -2.08. The van der Waals surface area contributed by atoms with Gasteiger partial charge in [0.15, 0.2) is 0 Å². The van der Waals surface area contributed by atoms with Crippen molar-refractivity contribution in [1.82, 2.24) is 20.0 Å². The van der Waals surface area contributed by atoms with Gasteiger partial charge in [-0.15, -0.1) is 16.4 Å². The van der Waals surface area contributed by atoms with E-state index in [1.807, 2.05) is 6.92 Å². The number of fused-ring (bicyclic) bond motifs is 3. The van der Waals surface area contributed by atoms with Gasteiger partial charge in [0.2, 0.25) is 0 Å². The number of aromatic nitrogens is 4. The minimum Gasteiger partial charge on any atom is -0.380 e. The van der Waals surface area contributed by atoms with Gasteiger partial charge in [-0.1, -0.05) is 5.21 Å². The van der Waals surface area contributed by atoms with Crippen LogP contribution in [0.4, 0.5) is 4.39 Å². The third-order valence-corrected chi connectivity index (χ3v) is 6.11. The fraction of sp³-hybridized carbons (Fsp3) is 0.176. The molecule has 0 fully saturated rings. The molecule has 0 spiro atoms. The number of methoxy groups -OCH3 is 1. The van der Waals surface area contributed by atoms with Crippen molar-refractivity contribution in [2.75, 3.05) is 7.11 Å². The number of pyridine rings is 1. The van der Waals surface area contributed by atoms with Crippen LogP contribution in [-0.4, -0.2) is 27.1 Å². The minimum absolute atomic E-state index is 0.318. The summed E-state index contributed by atoms with van der Waals surface area (Å²) >= 11 is 4.81. The number of thiophene rings is 1. The highest BCUT2D eigenvalue weighted by Crippen LogP contribution is 2.36. The van der Waals surface area contributed by atoms with Crippen LogP contribution in [0, 0.1) is 12.7 Å². The average molecular weight is 435 g/mol. The summed E-state index contributed by atoms with van der Waals surface area (Å²) in [5, 5.41) is 9.06. The van der Waals surface area contributed by atoms with Gasteiger partial charge in [-0.25, -0.2) is 9.37 Å². The van der Waals surface area contributed by atoms with Crippen LogP contribution in [0.3, 0.4) is 0 Å². The highest BCUT2D eigenvalue weighted by Gasteiger charge is 2.20. The lowest BCUT2D eigenvalue weighted by molar-refractivity contribution is 0.185. The molecular formula is C17H12BrFN4O2S. The molecule has 4 rings (SSSR count). The molecule has 0 saturated carbocycles. The zero-order chi connectivity index (χ0) is 18.4. The third kappa shape index (κ3) is 2.63. The summed E-state index contributed by atoms with van der Waals surface area (Å²) in [7, 11) is 1.61. The lowest BCUT2D eigenvalue weighted by atomic mass is 10.1. The first-order valence-corrected chi connectivity index (χ1v) is 9.24. The SMILES string of the molecule is COCc1c(Br)c(C)nc2sc3c(=O)n(-c4ccc(F)cc4)nnc3c12. The predicted molar refractivity (Wildman–Crippen MR) is 101 cm³/mol. The van der Waals surface area contributed by atoms with Crippen molar-refractivity contribution < 1.29 is 9.13 Å². The molecule has 132 valence electrons. The van der Waals surface area contributed by atoms with Gasteiger partial charge in [0.1, 0.15) is 20.9 Å². The normalized spacial score (nSPS) is 11.5. The van der Waals surface area contributed by atoms with Gasteiger partial charge >= 0.3 is 0 Å². The van der Waals surface area contributed by atoms with E-state index in [2.05, 4.69) is 31.2 Å². The second kappa shape index (κ2) is 6.49. The van der Waals surface area contributed by atoms with Crippen LogP contribution in [0.15, 0.2) is 33.5 Å². The summed E-state index contributed by atoms with van der Waals surface area (Å²) in [6.07, 6.45) is 0. The standard InChI is InChI=1S/C17H12BrFN4O2S/c1-8-13(18)11(7-25-2)12-14-15(26-16(12)20-8)17(24)23(22-21-14)10-5-3-9(19)4-6-10/h3-6H,7H2,1-2H3. The van der Waals surface area contributed by atoms with Gasteiger partial charge in [0, 0.05) is 22.5 Å². The number of rotatable bonds is 3. The van der Waals surface area contributed by atoms with Crippen molar-refractivity contribution in [3.8, 4) is 5.69 Å². The highest BCUT2D eigenvalue weighted by molar-refractivity contribution is 9.10. The Hall–Kier alpha value is -2.23. The number of benzene rings is 1. The molecule has 0 aliphatic carbocycles. The Morgan fingerprint density at radius 1 is 1.31 bits per heavy atom. The molecule has 4 aromatic rings. The quantitative estimate of drug-likeness (QED) is 0.491. The van der Waals surface area contributed by atoms with Crippen molar-refractivity contribution in [3.05, 3.63) is 56.2 Å². The first kappa shape index (κ1) is 17.2. The molecule has 26 heavy (non-hydrogen) atoms. The molecule has 0 amide bonds. The van der Waals surface area contributed by atoms with Crippen molar-refractivity contribution in [1.29, 1.82) is 0 Å². The maximum atomic E-state index is 13.1. The summed E-state index contributed by atoms with van der Waals surface area (Å²) in [5.74, 6) is -0.383. The van der Waals surface area contributed by atoms with E-state index in [1.54, 1.807) is 7.11 Å². The third-order valence-electron chi connectivity index (χ3n) is 4.00. The number of halogens is 2. The molecule has 3 aromatic heterocycles. The molecule has 0 radical (unpaired) electrons. The first-order valence-electron chi connectivity index (χ1n) is 7.63. The van der Waals surface area contributed by atoms with Crippen LogP contribution in [-0.2, 0) is 11.3 Å². The molecule has 0 atom stereocenters. The van der Waals surface area contributed by atoms with Crippen LogP contribution < -0.4 is 5.56 Å². The number of ether oxygens (including phenoxy) is 1. The topological polar surface area (TPSA) is 69.9 Å². The Kier molecular flexibility index (Phi) is 4.29. The van der Waals surface area contributed by atoms with Crippen LogP contribution in [0.2, 0.25) is 0 Å². The van der Waals surface area contributed by atoms with Crippen LogP contribution in [0.25, 0.3) is 26.1 Å². The Balaban J connectivity index is 2.05. The fourth-order valence-corrected chi connectivity index (χ4v) is 4.30. The molecule has 0 saturated heterocycles. The number of hydrogen-bond donors (Lipinski definition) is 0. The van der Waals surface area contributed by atoms with Gasteiger partial charge in [-0.2, -0.15) is 4.68 Å². The zero-order valence-corrected chi connectivity index (χ0v) is 16.2. The minimum atomic E-state index is -0.383. The maximum Gasteiger partial charge on any atom is 0.292 e. The smallest absolute Gasteiger partial charge is 0.292 e. The van der Waals surface area contributed by atoms with Crippen LogP contribution in [0.1, 0.15) is 11.3 Å². The van der Waals surface area contributed by atoms with E-state index in [0.717, 1.165) is 25.8 Å². The molecular weight excluding hydrogens is 423 g/mol. The van der Waals surface area contributed by atoms with E-state index in [0.29, 0.717) is 27.3 Å². The second-order valence-electron chi connectivity index (χ2n) is 5.67. The van der Waals surface area contributed by atoms with E-state index >= 15 is 0 Å². The zero-order valence-electron chi connectivity index (χ0n) is 13.8. The second-order valence-corrected chi connectivity index (χ2v) is 7.46. The lowest BCUT2D eigenvalue weighted by Crippen LogP contribution is -2.21. The monoisotopic (exact) mass is 434 g/mol. The predicted octanol–water partition coefficient (Wildman–Crippen LogP) is 3.75. The van der Waals surface area contributed by atoms with E-state index in [9.17, 15) is 9.18 Å². The summed E-state index contributed by atoms with van der Waals surface area (Å²) in [5.41, 5.74) is 2.32. The van der Waals surface area contributed by atoms with Gasteiger partial charge in [0.25, 0.3) is 5.56 Å². The fourth-order valence-electron chi connectivity index (χ4n) is 2.79. The molecule has 0 aliphatic rings. The summed E-state index contributed by atoms with van der Waals surface area (Å²) < 4.78 is 20.9. The van der Waals surface area contributed by atoms with Gasteiger partial charge in [-0.05, 0) is 47.1 Å². The largest absolute Gasteiger partial charge is 0.380 e. The summed E-state index contributed by atoms with van der Waals surface area (Å²) in [6, 6.07) is 5.52. The average Bonchev–Trinajstić information content (AvgIpc) is 2.99. The van der Waals surface area contributed by atoms with E-state index in [4.69, 9.17) is 4.74 Å². The number of aryl methyl sites for hydroxylation is 1. The Labute approximate surface area is 159 Å². The van der Waals surface area contributed by atoms with Gasteiger partial charge in [0.05, 0.1) is 18.0 Å². The van der Waals surface area contributed by atoms with Crippen LogP contribution >= 0.6 is 27.3 Å². The van der Waals surface area contributed by atoms with Crippen molar-refractivity contribution in [2.24, 2.45) is 0 Å². The number of nitrogens with zero attached hydrogens (tertiary/aromatic N) is 4. The molecule has 0 unspecified atom stereocenters. The summed E-state index contributed by atoms with van der Waals surface area (Å²) in [4.78, 5) is 18.2. The maximum absolute atomic E-state index is 13.1.